The number of benzene rings is 2. The molecule has 2 aromatic carbocycles. The Morgan fingerprint density at radius 2 is 1.84 bits per heavy atom. The van der Waals surface area contributed by atoms with Crippen molar-refractivity contribution >= 4 is 27.6 Å². The molecule has 2 nitrogen and oxygen atoms in total. The van der Waals surface area contributed by atoms with Crippen molar-refractivity contribution in [3.8, 4) is 5.75 Å². The van der Waals surface area contributed by atoms with Crippen molar-refractivity contribution in [3.63, 3.8) is 0 Å². The minimum Gasteiger partial charge on any atom is -0.496 e. The summed E-state index contributed by atoms with van der Waals surface area (Å²) in [6, 6.07) is 6.58. The number of alkyl halides is 3. The summed E-state index contributed by atoms with van der Waals surface area (Å²) in [5.41, 5.74) is -0.875. The van der Waals surface area contributed by atoms with Crippen LogP contribution in [0.4, 0.5) is 13.2 Å². The van der Waals surface area contributed by atoms with Gasteiger partial charge < -0.3 is 4.74 Å². The molecule has 2 rings (SSSR count). The van der Waals surface area contributed by atoms with Gasteiger partial charge in [-0.3, -0.25) is 4.79 Å². The van der Waals surface area contributed by atoms with Crippen LogP contribution in [0.15, 0.2) is 30.3 Å². The van der Waals surface area contributed by atoms with E-state index in [9.17, 15) is 18.0 Å². The van der Waals surface area contributed by atoms with Crippen LogP contribution in [0.1, 0.15) is 15.9 Å². The van der Waals surface area contributed by atoms with Crippen LogP contribution in [0.2, 0.25) is 0 Å². The number of hydrogen-bond donors (Lipinski definition) is 0. The number of methoxy groups -OCH3 is 1. The van der Waals surface area contributed by atoms with Crippen molar-refractivity contribution < 1.29 is 22.7 Å². The second-order valence-corrected chi connectivity index (χ2v) is 4.16. The predicted octanol–water partition coefficient (Wildman–Crippen LogP) is 4.25. The van der Waals surface area contributed by atoms with Crippen LogP contribution in [0.3, 0.4) is 0 Å². The van der Waals surface area contributed by atoms with E-state index in [0.717, 1.165) is 7.11 Å². The second kappa shape index (κ2) is 4.74. The minimum atomic E-state index is -4.58. The van der Waals surface area contributed by atoms with E-state index < -0.39 is 17.0 Å². The Bertz CT molecular complexity index is 650. The molecule has 0 unspecified atom stereocenters. The first-order valence-electron chi connectivity index (χ1n) is 5.23. The highest BCUT2D eigenvalue weighted by atomic mass is 35.5. The molecule has 100 valence electrons. The summed E-state index contributed by atoms with van der Waals surface area (Å²) in [6.45, 7) is 0. The van der Waals surface area contributed by atoms with Crippen LogP contribution in [0, 0.1) is 0 Å². The number of fused-ring (bicyclic) bond motifs is 1. The Hall–Kier alpha value is -1.75. The fourth-order valence-corrected chi connectivity index (χ4v) is 2.14. The third-order valence-electron chi connectivity index (χ3n) is 2.74. The Kier molecular flexibility index (Phi) is 3.41. The van der Waals surface area contributed by atoms with Crippen molar-refractivity contribution in [3.05, 3.63) is 41.5 Å². The van der Waals surface area contributed by atoms with E-state index in [0.29, 0.717) is 0 Å². The number of halogens is 4. The molecule has 0 bridgehead atoms. The Morgan fingerprint density at radius 3 is 2.37 bits per heavy atom. The van der Waals surface area contributed by atoms with Gasteiger partial charge in [0, 0.05) is 5.56 Å². The van der Waals surface area contributed by atoms with E-state index in [1.165, 1.54) is 30.3 Å². The number of rotatable bonds is 2. The van der Waals surface area contributed by atoms with E-state index in [1.807, 2.05) is 0 Å². The van der Waals surface area contributed by atoms with Crippen molar-refractivity contribution in [1.82, 2.24) is 0 Å². The van der Waals surface area contributed by atoms with Gasteiger partial charge in [0.05, 0.1) is 7.11 Å². The van der Waals surface area contributed by atoms with Gasteiger partial charge in [0.2, 0.25) is 0 Å². The molecule has 0 N–H and O–H groups in total. The van der Waals surface area contributed by atoms with Gasteiger partial charge in [0.1, 0.15) is 11.3 Å². The van der Waals surface area contributed by atoms with Gasteiger partial charge >= 0.3 is 6.18 Å². The summed E-state index contributed by atoms with van der Waals surface area (Å²) in [6.07, 6.45) is -4.58. The molecular formula is C13H8ClF3O2. The zero-order valence-electron chi connectivity index (χ0n) is 9.72. The maximum Gasteiger partial charge on any atom is 0.420 e. The molecular weight excluding hydrogens is 281 g/mol. The summed E-state index contributed by atoms with van der Waals surface area (Å²) < 4.78 is 44.0. The molecule has 0 amide bonds. The first-order valence-corrected chi connectivity index (χ1v) is 5.61. The van der Waals surface area contributed by atoms with Gasteiger partial charge in [-0.15, -0.1) is 0 Å². The topological polar surface area (TPSA) is 26.3 Å². The largest absolute Gasteiger partial charge is 0.496 e. The number of hydrogen-bond acceptors (Lipinski definition) is 2. The van der Waals surface area contributed by atoms with Crippen LogP contribution in [-0.4, -0.2) is 12.4 Å². The molecule has 19 heavy (non-hydrogen) atoms. The van der Waals surface area contributed by atoms with E-state index in [1.54, 1.807) is 0 Å². The molecule has 0 fully saturated rings. The maximum absolute atomic E-state index is 13.1. The van der Waals surface area contributed by atoms with E-state index in [-0.39, 0.29) is 22.1 Å². The second-order valence-electron chi connectivity index (χ2n) is 3.81. The lowest BCUT2D eigenvalue weighted by Gasteiger charge is -2.15. The lowest BCUT2D eigenvalue weighted by atomic mass is 9.99. The van der Waals surface area contributed by atoms with Crippen molar-refractivity contribution in [2.75, 3.05) is 7.11 Å². The quantitative estimate of drug-likeness (QED) is 0.772. The lowest BCUT2D eigenvalue weighted by molar-refractivity contribution is -0.137. The molecule has 0 saturated carbocycles. The van der Waals surface area contributed by atoms with Gasteiger partial charge in [-0.2, -0.15) is 13.2 Å². The van der Waals surface area contributed by atoms with Gasteiger partial charge in [0.25, 0.3) is 5.24 Å². The summed E-state index contributed by atoms with van der Waals surface area (Å²) in [4.78, 5) is 11.2. The first-order chi connectivity index (χ1) is 8.86. The highest BCUT2D eigenvalue weighted by Crippen LogP contribution is 2.41. The van der Waals surface area contributed by atoms with Crippen molar-refractivity contribution in [1.29, 1.82) is 0 Å². The molecule has 0 aromatic heterocycles. The lowest BCUT2D eigenvalue weighted by Crippen LogP contribution is -2.09. The zero-order chi connectivity index (χ0) is 14.2. The molecule has 2 aromatic rings. The third kappa shape index (κ3) is 2.38. The number of ether oxygens (including phenoxy) is 1. The standard InChI is InChI=1S/C13H8ClF3O2/c1-19-10-6-5-7-8(11(10)13(15,16)17)3-2-4-9(7)12(14)18/h2-6H,1H3. The molecule has 0 heterocycles. The SMILES string of the molecule is COc1ccc2c(C(=O)Cl)cccc2c1C(F)(F)F. The fraction of sp³-hybridized carbons (Fsp3) is 0.154. The molecule has 6 heteroatoms. The van der Waals surface area contributed by atoms with E-state index in [2.05, 4.69) is 0 Å². The van der Waals surface area contributed by atoms with E-state index in [4.69, 9.17) is 16.3 Å². The average molecular weight is 289 g/mol. The molecule has 0 aliphatic heterocycles. The van der Waals surface area contributed by atoms with Crippen molar-refractivity contribution in [2.45, 2.75) is 6.18 Å². The average Bonchev–Trinajstić information content (AvgIpc) is 2.34. The van der Waals surface area contributed by atoms with Gasteiger partial charge in [0.15, 0.2) is 0 Å². The predicted molar refractivity (Wildman–Crippen MR) is 65.7 cm³/mol. The van der Waals surface area contributed by atoms with Crippen LogP contribution in [0.25, 0.3) is 10.8 Å². The molecule has 0 saturated heterocycles. The normalized spacial score (nSPS) is 11.6. The summed E-state index contributed by atoms with van der Waals surface area (Å²) >= 11 is 5.37. The molecule has 0 aliphatic carbocycles. The van der Waals surface area contributed by atoms with Gasteiger partial charge in [-0.05, 0) is 40.6 Å². The van der Waals surface area contributed by atoms with Crippen LogP contribution >= 0.6 is 11.6 Å². The van der Waals surface area contributed by atoms with Gasteiger partial charge in [-0.1, -0.05) is 12.1 Å². The maximum atomic E-state index is 13.1. The smallest absolute Gasteiger partial charge is 0.420 e. The minimum absolute atomic E-state index is 0.0346. The zero-order valence-corrected chi connectivity index (χ0v) is 10.5. The number of carbonyl (C=O) groups is 1. The molecule has 0 aliphatic rings. The van der Waals surface area contributed by atoms with Crippen LogP contribution in [-0.2, 0) is 6.18 Å². The molecule has 0 spiro atoms. The fourth-order valence-electron chi connectivity index (χ4n) is 1.97. The Morgan fingerprint density at radius 1 is 1.16 bits per heavy atom. The first kappa shape index (κ1) is 13.7. The highest BCUT2D eigenvalue weighted by Gasteiger charge is 2.36. The molecule has 0 atom stereocenters. The van der Waals surface area contributed by atoms with Gasteiger partial charge in [-0.25, -0.2) is 0 Å². The monoisotopic (exact) mass is 288 g/mol. The summed E-state index contributed by atoms with van der Waals surface area (Å²) in [5, 5.41) is -0.766. The van der Waals surface area contributed by atoms with Crippen molar-refractivity contribution in [2.24, 2.45) is 0 Å². The van der Waals surface area contributed by atoms with Crippen LogP contribution in [0.5, 0.6) is 5.75 Å². The molecule has 0 radical (unpaired) electrons. The van der Waals surface area contributed by atoms with E-state index >= 15 is 0 Å². The highest BCUT2D eigenvalue weighted by molar-refractivity contribution is 6.68. The third-order valence-corrected chi connectivity index (χ3v) is 2.94. The summed E-state index contributed by atoms with van der Waals surface area (Å²) in [5.74, 6) is -0.292. The summed E-state index contributed by atoms with van der Waals surface area (Å²) in [7, 11) is 1.16. The Labute approximate surface area is 111 Å². The Balaban J connectivity index is 2.91. The number of carbonyl (C=O) groups excluding carboxylic acids is 1. The van der Waals surface area contributed by atoms with Crippen LogP contribution < -0.4 is 4.74 Å².